The molecule has 0 rings (SSSR count). The third-order valence-electron chi connectivity index (χ3n) is 0.919. The molecule has 6 heteroatoms. The van der Waals surface area contributed by atoms with Crippen molar-refractivity contribution in [3.8, 4) is 0 Å². The predicted molar refractivity (Wildman–Crippen MR) is 48.7 cm³/mol. The van der Waals surface area contributed by atoms with Gasteiger partial charge in [0.1, 0.15) is 0 Å². The average Bonchev–Trinajstić information content (AvgIpc) is 1.86. The van der Waals surface area contributed by atoms with Gasteiger partial charge in [-0.15, -0.1) is 6.58 Å². The zero-order valence-corrected chi connectivity index (χ0v) is 10.2. The first kappa shape index (κ1) is 15.1. The molecule has 1 atom stereocenters. The van der Waals surface area contributed by atoms with Crippen LogP contribution in [0.1, 0.15) is 13.3 Å². The van der Waals surface area contributed by atoms with Crippen molar-refractivity contribution in [2.75, 3.05) is 5.75 Å². The van der Waals surface area contributed by atoms with Crippen molar-refractivity contribution in [3.63, 3.8) is 0 Å². The van der Waals surface area contributed by atoms with E-state index in [1.807, 2.05) is 6.92 Å². The fourth-order valence-electron chi connectivity index (χ4n) is 0.149. The van der Waals surface area contributed by atoms with Crippen molar-refractivity contribution >= 4 is 38.0 Å². The third-order valence-corrected chi connectivity index (χ3v) is 2.39. The monoisotopic (exact) mass is 204 g/mol. The van der Waals surface area contributed by atoms with Gasteiger partial charge in [-0.2, -0.15) is 8.42 Å². The third kappa shape index (κ3) is 22.4. The summed E-state index contributed by atoms with van der Waals surface area (Å²) in [6, 6.07) is 0. The van der Waals surface area contributed by atoms with E-state index in [4.69, 9.17) is 9.66 Å². The fraction of sp³-hybridized carbons (Fsp3) is 0.667. The molecule has 0 aromatic rings. The SMILES string of the molecule is C=CCS(=O)(=O)O.CC[CH](O)[Na]. The Morgan fingerprint density at radius 1 is 1.67 bits per heavy atom. The Bertz CT molecular complexity index is 198. The van der Waals surface area contributed by atoms with Crippen LogP contribution >= 0.6 is 0 Å². The number of hydrogen-bond acceptors (Lipinski definition) is 3. The Balaban J connectivity index is 0. The van der Waals surface area contributed by atoms with Gasteiger partial charge in [-0.3, -0.25) is 4.55 Å². The molecular weight excluding hydrogens is 191 g/mol. The van der Waals surface area contributed by atoms with Crippen molar-refractivity contribution in [2.24, 2.45) is 0 Å². The molecule has 0 amide bonds. The van der Waals surface area contributed by atoms with E-state index in [0.29, 0.717) is 0 Å². The van der Waals surface area contributed by atoms with Crippen LogP contribution in [0.5, 0.6) is 0 Å². The van der Waals surface area contributed by atoms with Gasteiger partial charge in [0.05, 0.1) is 5.75 Å². The molecule has 0 aromatic carbocycles. The maximum atomic E-state index is 9.72. The van der Waals surface area contributed by atoms with Crippen LogP contribution in [0, 0.1) is 0 Å². The number of rotatable bonds is 3. The summed E-state index contributed by atoms with van der Waals surface area (Å²) < 4.78 is 27.4. The minimum atomic E-state index is -3.79. The molecule has 0 bridgehead atoms. The molecule has 0 fully saturated rings. The molecule has 68 valence electrons. The van der Waals surface area contributed by atoms with Gasteiger partial charge in [0.25, 0.3) is 10.1 Å². The normalized spacial score (nSPS) is 12.8. The van der Waals surface area contributed by atoms with E-state index in [2.05, 4.69) is 6.58 Å². The molecule has 1 unspecified atom stereocenters. The van der Waals surface area contributed by atoms with Gasteiger partial charge in [-0.25, -0.2) is 0 Å². The standard InChI is InChI=1S/C3H6O3S.C3H7O.Na/c1-2-3-7(4,5)6;1-2-3-4;/h2H,1,3H2,(H,4,5,6);3-4H,2H2,1H3;. The van der Waals surface area contributed by atoms with Crippen LogP contribution in [-0.2, 0) is 10.1 Å². The van der Waals surface area contributed by atoms with E-state index in [9.17, 15) is 8.42 Å². The van der Waals surface area contributed by atoms with Gasteiger partial charge in [0, 0.05) is 0 Å². The second-order valence-corrected chi connectivity index (χ2v) is 5.12. The molecule has 0 heterocycles. The Labute approximate surface area is 90.8 Å². The predicted octanol–water partition coefficient (Wildman–Crippen LogP) is -0.0565. The van der Waals surface area contributed by atoms with E-state index >= 15 is 0 Å². The summed E-state index contributed by atoms with van der Waals surface area (Å²) in [5, 5.41) is 8.42. The number of aliphatic hydroxyl groups excluding tert-OH is 1. The maximum absolute atomic E-state index is 9.72. The molecule has 0 spiro atoms. The molecule has 4 nitrogen and oxygen atoms in total. The summed E-state index contributed by atoms with van der Waals surface area (Å²) >= 11 is 0.925. The van der Waals surface area contributed by atoms with Crippen molar-refractivity contribution in [1.82, 2.24) is 0 Å². The van der Waals surface area contributed by atoms with Crippen LogP contribution in [0.4, 0.5) is 0 Å². The van der Waals surface area contributed by atoms with Gasteiger partial charge in [-0.1, -0.05) is 6.08 Å². The molecule has 0 aliphatic rings. The Kier molecular flexibility index (Phi) is 10.3. The first-order valence-corrected chi connectivity index (χ1v) is 6.34. The Hall–Kier alpha value is 0.610. The molecule has 0 radical (unpaired) electrons. The first-order valence-electron chi connectivity index (χ1n) is 3.57. The Morgan fingerprint density at radius 3 is 2.00 bits per heavy atom. The van der Waals surface area contributed by atoms with E-state index in [1.165, 1.54) is 0 Å². The summed E-state index contributed by atoms with van der Waals surface area (Å²) in [6.45, 7) is 5.09. The summed E-state index contributed by atoms with van der Waals surface area (Å²) in [6.07, 6.45) is 2.04. The second-order valence-electron chi connectivity index (χ2n) is 2.29. The van der Waals surface area contributed by atoms with E-state index in [0.717, 1.165) is 40.4 Å². The van der Waals surface area contributed by atoms with Gasteiger partial charge >= 0.3 is 49.7 Å². The van der Waals surface area contributed by atoms with Crippen LogP contribution in [0.25, 0.3) is 0 Å². The van der Waals surface area contributed by atoms with Crippen molar-refractivity contribution in [1.29, 1.82) is 0 Å². The summed E-state index contributed by atoms with van der Waals surface area (Å²) in [5.41, 5.74) is 0. The van der Waals surface area contributed by atoms with Crippen molar-refractivity contribution in [2.45, 2.75) is 16.7 Å². The fourth-order valence-corrected chi connectivity index (χ4v) is 0.447. The summed E-state index contributed by atoms with van der Waals surface area (Å²) in [4.78, 5) is 0. The molecule has 0 aromatic heterocycles. The number of aliphatic hydroxyl groups is 1. The molecule has 2 N–H and O–H groups in total. The van der Waals surface area contributed by atoms with Gasteiger partial charge in [0.15, 0.2) is 0 Å². The topological polar surface area (TPSA) is 74.6 Å². The van der Waals surface area contributed by atoms with Crippen LogP contribution in [0.2, 0.25) is 0 Å². The summed E-state index contributed by atoms with van der Waals surface area (Å²) in [5.74, 6) is -0.368. The van der Waals surface area contributed by atoms with Gasteiger partial charge in [0.2, 0.25) is 0 Å². The summed E-state index contributed by atoms with van der Waals surface area (Å²) in [7, 11) is -3.79. The van der Waals surface area contributed by atoms with Crippen LogP contribution in [-0.4, -0.2) is 55.1 Å². The first-order chi connectivity index (χ1) is 5.33. The Morgan fingerprint density at radius 2 is 2.00 bits per heavy atom. The quantitative estimate of drug-likeness (QED) is 0.384. The molecule has 0 aliphatic carbocycles. The van der Waals surface area contributed by atoms with Gasteiger partial charge < -0.3 is 0 Å². The molecule has 0 aliphatic heterocycles. The molecular formula is C6H13NaO4S. The van der Waals surface area contributed by atoms with Crippen LogP contribution < -0.4 is 0 Å². The molecule has 0 saturated heterocycles. The molecule has 12 heavy (non-hydrogen) atoms. The van der Waals surface area contributed by atoms with Crippen molar-refractivity contribution < 1.29 is 18.1 Å². The van der Waals surface area contributed by atoms with Crippen molar-refractivity contribution in [3.05, 3.63) is 12.7 Å². The second kappa shape index (κ2) is 8.22. The van der Waals surface area contributed by atoms with E-state index < -0.39 is 10.1 Å². The van der Waals surface area contributed by atoms with E-state index in [1.54, 1.807) is 0 Å². The zero-order chi connectivity index (χ0) is 10.2. The van der Waals surface area contributed by atoms with Crippen LogP contribution in [0.15, 0.2) is 12.7 Å². The minimum absolute atomic E-state index is 0.0231. The molecule has 0 saturated carbocycles. The number of hydrogen-bond donors (Lipinski definition) is 2. The van der Waals surface area contributed by atoms with Crippen LogP contribution in [0.3, 0.4) is 0 Å². The zero-order valence-electron chi connectivity index (χ0n) is 7.40. The van der Waals surface area contributed by atoms with E-state index in [-0.39, 0.29) is 9.11 Å². The average molecular weight is 204 g/mol. The van der Waals surface area contributed by atoms with Gasteiger partial charge in [-0.05, 0) is 0 Å².